The predicted octanol–water partition coefficient (Wildman–Crippen LogP) is 2.18. The molecule has 9 heteroatoms. The highest BCUT2D eigenvalue weighted by molar-refractivity contribution is 6.30. The van der Waals surface area contributed by atoms with Gasteiger partial charge in [0.1, 0.15) is 12.0 Å². The van der Waals surface area contributed by atoms with Crippen molar-refractivity contribution in [2.24, 2.45) is 0 Å². The van der Waals surface area contributed by atoms with E-state index in [4.69, 9.17) is 17.3 Å². The molecular formula is C15H20ClN7O. The Morgan fingerprint density at radius 1 is 1.17 bits per heavy atom. The molecule has 0 bridgehead atoms. The zero-order chi connectivity index (χ0) is 17.7. The van der Waals surface area contributed by atoms with Crippen molar-refractivity contribution in [3.8, 4) is 0 Å². The van der Waals surface area contributed by atoms with Crippen LogP contribution < -0.4 is 27.4 Å². The summed E-state index contributed by atoms with van der Waals surface area (Å²) in [4.78, 5) is 20.1. The number of hydrazine groups is 2. The molecule has 24 heavy (non-hydrogen) atoms. The van der Waals surface area contributed by atoms with E-state index in [1.807, 2.05) is 20.8 Å². The minimum absolute atomic E-state index is 0.175. The highest BCUT2D eigenvalue weighted by Gasteiger charge is 2.13. The lowest BCUT2D eigenvalue weighted by atomic mass is 10.1. The van der Waals surface area contributed by atoms with Crippen LogP contribution >= 0.6 is 11.6 Å². The number of hydrogen-bond acceptors (Lipinski definition) is 7. The van der Waals surface area contributed by atoms with Crippen LogP contribution in [0.25, 0.3) is 0 Å². The van der Waals surface area contributed by atoms with E-state index in [-0.39, 0.29) is 23.0 Å². The van der Waals surface area contributed by atoms with Crippen LogP contribution in [0.4, 0.5) is 17.3 Å². The number of benzene rings is 1. The van der Waals surface area contributed by atoms with Gasteiger partial charge in [-0.05, 0) is 39.0 Å². The van der Waals surface area contributed by atoms with Crippen molar-refractivity contribution in [1.82, 2.24) is 20.8 Å². The van der Waals surface area contributed by atoms with E-state index in [0.29, 0.717) is 16.4 Å². The third-order valence-electron chi connectivity index (χ3n) is 2.82. The van der Waals surface area contributed by atoms with Gasteiger partial charge in [-0.1, -0.05) is 17.7 Å². The van der Waals surface area contributed by atoms with E-state index >= 15 is 0 Å². The highest BCUT2D eigenvalue weighted by atomic mass is 35.5. The lowest BCUT2D eigenvalue weighted by molar-refractivity contribution is 0.0962. The van der Waals surface area contributed by atoms with Crippen LogP contribution in [0.1, 0.15) is 31.1 Å². The Labute approximate surface area is 145 Å². The van der Waals surface area contributed by atoms with Crippen LogP contribution in [0.15, 0.2) is 30.6 Å². The van der Waals surface area contributed by atoms with E-state index in [2.05, 4.69) is 31.7 Å². The van der Waals surface area contributed by atoms with Gasteiger partial charge in [-0.3, -0.25) is 15.6 Å². The van der Waals surface area contributed by atoms with Gasteiger partial charge in [0.2, 0.25) is 0 Å². The summed E-state index contributed by atoms with van der Waals surface area (Å²) in [7, 11) is 0. The molecular weight excluding hydrogens is 330 g/mol. The molecule has 0 atom stereocenters. The second kappa shape index (κ2) is 7.33. The Morgan fingerprint density at radius 3 is 2.46 bits per heavy atom. The number of anilines is 3. The van der Waals surface area contributed by atoms with E-state index in [0.717, 1.165) is 0 Å². The highest BCUT2D eigenvalue weighted by Crippen LogP contribution is 2.21. The van der Waals surface area contributed by atoms with Crippen LogP contribution in [0.5, 0.6) is 0 Å². The fraction of sp³-hybridized carbons (Fsp3) is 0.267. The quantitative estimate of drug-likeness (QED) is 0.525. The van der Waals surface area contributed by atoms with Gasteiger partial charge in [0, 0.05) is 16.1 Å². The summed E-state index contributed by atoms with van der Waals surface area (Å²) in [6.45, 7) is 5.96. The number of amides is 1. The molecule has 0 aliphatic rings. The molecule has 1 aromatic carbocycles. The molecule has 0 aliphatic heterocycles. The third kappa shape index (κ3) is 4.97. The van der Waals surface area contributed by atoms with Crippen LogP contribution in [0, 0.1) is 0 Å². The molecule has 1 amide bonds. The topological polar surface area (TPSA) is 117 Å². The number of rotatable bonds is 5. The molecule has 6 N–H and O–H groups in total. The predicted molar refractivity (Wildman–Crippen MR) is 95.5 cm³/mol. The number of nitrogens with two attached hydrogens (primary N) is 1. The number of nitrogens with one attached hydrogen (secondary N) is 4. The van der Waals surface area contributed by atoms with Crippen LogP contribution in [0.3, 0.4) is 0 Å². The van der Waals surface area contributed by atoms with Crippen LogP contribution in [-0.4, -0.2) is 21.4 Å². The van der Waals surface area contributed by atoms with Gasteiger partial charge >= 0.3 is 0 Å². The maximum atomic E-state index is 12.1. The zero-order valence-corrected chi connectivity index (χ0v) is 14.4. The average Bonchev–Trinajstić information content (AvgIpc) is 2.51. The average molecular weight is 350 g/mol. The van der Waals surface area contributed by atoms with Crippen molar-refractivity contribution in [1.29, 1.82) is 0 Å². The van der Waals surface area contributed by atoms with E-state index in [1.165, 1.54) is 6.33 Å². The Bertz CT molecular complexity index is 730. The first-order valence-electron chi connectivity index (χ1n) is 7.22. The van der Waals surface area contributed by atoms with Crippen LogP contribution in [-0.2, 0) is 0 Å². The number of aromatic nitrogens is 2. The molecule has 0 saturated carbocycles. The molecule has 0 spiro atoms. The Morgan fingerprint density at radius 2 is 1.83 bits per heavy atom. The molecule has 1 heterocycles. The smallest absolute Gasteiger partial charge is 0.269 e. The van der Waals surface area contributed by atoms with Crippen molar-refractivity contribution in [3.05, 3.63) is 41.2 Å². The normalized spacial score (nSPS) is 11.0. The van der Waals surface area contributed by atoms with Gasteiger partial charge in [0.05, 0.1) is 0 Å². The Kier molecular flexibility index (Phi) is 5.42. The fourth-order valence-corrected chi connectivity index (χ4v) is 1.85. The molecule has 1 aromatic heterocycles. The monoisotopic (exact) mass is 349 g/mol. The maximum absolute atomic E-state index is 12.1. The lowest BCUT2D eigenvalue weighted by Gasteiger charge is -2.22. The first kappa shape index (κ1) is 17.8. The van der Waals surface area contributed by atoms with E-state index in [9.17, 15) is 4.79 Å². The minimum Gasteiger partial charge on any atom is -0.393 e. The standard InChI is InChI=1S/C15H20ClN7O/c1-15(2,3)23-21-13-11(17)12(18-8-19-13)20-22-14(24)9-5-4-6-10(16)7-9/h4-8,23H,17H2,1-3H3,(H,22,24)(H2,18,19,20,21). The van der Waals surface area contributed by atoms with Gasteiger partial charge in [0.25, 0.3) is 5.91 Å². The summed E-state index contributed by atoms with van der Waals surface area (Å²) >= 11 is 5.87. The van der Waals surface area contributed by atoms with E-state index in [1.54, 1.807) is 24.3 Å². The van der Waals surface area contributed by atoms with Crippen molar-refractivity contribution in [3.63, 3.8) is 0 Å². The first-order valence-corrected chi connectivity index (χ1v) is 7.59. The maximum Gasteiger partial charge on any atom is 0.269 e. The number of carbonyl (C=O) groups is 1. The molecule has 0 fully saturated rings. The summed E-state index contributed by atoms with van der Waals surface area (Å²) in [5.74, 6) is 0.316. The molecule has 0 radical (unpaired) electrons. The second-order valence-electron chi connectivity index (χ2n) is 6.07. The van der Waals surface area contributed by atoms with Crippen molar-refractivity contribution < 1.29 is 4.79 Å². The van der Waals surface area contributed by atoms with Crippen molar-refractivity contribution in [2.45, 2.75) is 26.3 Å². The molecule has 8 nitrogen and oxygen atoms in total. The summed E-state index contributed by atoms with van der Waals surface area (Å²) < 4.78 is 0. The van der Waals surface area contributed by atoms with Crippen molar-refractivity contribution >= 4 is 34.8 Å². The van der Waals surface area contributed by atoms with Gasteiger partial charge < -0.3 is 11.2 Å². The van der Waals surface area contributed by atoms with Gasteiger partial charge in [-0.2, -0.15) is 0 Å². The SMILES string of the molecule is CC(C)(C)NNc1ncnc(NNC(=O)c2cccc(Cl)c2)c1N. The molecule has 0 unspecified atom stereocenters. The largest absolute Gasteiger partial charge is 0.393 e. The summed E-state index contributed by atoms with van der Waals surface area (Å²) in [5, 5.41) is 0.476. The Balaban J connectivity index is 2.03. The zero-order valence-electron chi connectivity index (χ0n) is 13.6. The first-order chi connectivity index (χ1) is 11.3. The van der Waals surface area contributed by atoms with Crippen LogP contribution in [0.2, 0.25) is 5.02 Å². The molecule has 2 aromatic rings. The van der Waals surface area contributed by atoms with Gasteiger partial charge in [-0.15, -0.1) is 0 Å². The number of hydrogen-bond donors (Lipinski definition) is 5. The van der Waals surface area contributed by atoms with Gasteiger partial charge in [-0.25, -0.2) is 15.4 Å². The van der Waals surface area contributed by atoms with Gasteiger partial charge in [0.15, 0.2) is 11.6 Å². The lowest BCUT2D eigenvalue weighted by Crippen LogP contribution is -2.40. The second-order valence-corrected chi connectivity index (χ2v) is 6.51. The number of carbonyl (C=O) groups excluding carboxylic acids is 1. The molecule has 0 aliphatic carbocycles. The number of nitrogen functional groups attached to an aromatic ring is 1. The molecule has 128 valence electrons. The fourth-order valence-electron chi connectivity index (χ4n) is 1.66. The molecule has 0 saturated heterocycles. The number of halogens is 1. The minimum atomic E-state index is -0.363. The van der Waals surface area contributed by atoms with E-state index < -0.39 is 0 Å². The summed E-state index contributed by atoms with van der Waals surface area (Å²) in [6, 6.07) is 6.58. The summed E-state index contributed by atoms with van der Waals surface area (Å²) in [5.41, 5.74) is 17.7. The Hall–Kier alpha value is -2.58. The summed E-state index contributed by atoms with van der Waals surface area (Å²) in [6.07, 6.45) is 1.33. The number of nitrogens with zero attached hydrogens (tertiary/aromatic N) is 2. The third-order valence-corrected chi connectivity index (χ3v) is 3.06. The molecule has 2 rings (SSSR count). The van der Waals surface area contributed by atoms with Crippen molar-refractivity contribution in [2.75, 3.05) is 16.6 Å².